The Bertz CT molecular complexity index is 675. The SMILES string of the molecule is CC(C)(C)CCCCCCCCCCCCNc1ccc(C(=O)OC(C)(C)C(N)=O)cc1. The molecule has 5 nitrogen and oxygen atoms in total. The fourth-order valence-corrected chi connectivity index (χ4v) is 3.49. The van der Waals surface area contributed by atoms with Gasteiger partial charge in [0.25, 0.3) is 5.91 Å². The van der Waals surface area contributed by atoms with Gasteiger partial charge in [-0.05, 0) is 56.4 Å². The summed E-state index contributed by atoms with van der Waals surface area (Å²) in [5.41, 5.74) is 5.78. The summed E-state index contributed by atoms with van der Waals surface area (Å²) in [6.07, 6.45) is 14.6. The van der Waals surface area contributed by atoms with Gasteiger partial charge in [0, 0.05) is 12.2 Å². The van der Waals surface area contributed by atoms with E-state index in [4.69, 9.17) is 10.5 Å². The van der Waals surface area contributed by atoms with Crippen molar-refractivity contribution in [2.24, 2.45) is 11.1 Å². The first-order chi connectivity index (χ1) is 15.0. The van der Waals surface area contributed by atoms with Crippen molar-refractivity contribution in [2.75, 3.05) is 11.9 Å². The van der Waals surface area contributed by atoms with Crippen molar-refractivity contribution in [3.05, 3.63) is 29.8 Å². The zero-order valence-corrected chi connectivity index (χ0v) is 21.1. The number of amides is 1. The van der Waals surface area contributed by atoms with Crippen LogP contribution in [0.5, 0.6) is 0 Å². The Morgan fingerprint density at radius 3 is 1.72 bits per heavy atom. The van der Waals surface area contributed by atoms with Crippen LogP contribution in [0.2, 0.25) is 0 Å². The summed E-state index contributed by atoms with van der Waals surface area (Å²) in [6.45, 7) is 10.9. The van der Waals surface area contributed by atoms with Gasteiger partial charge in [-0.25, -0.2) is 4.79 Å². The molecule has 0 fully saturated rings. The molecule has 0 radical (unpaired) electrons. The first kappa shape index (κ1) is 28.0. The molecule has 0 aliphatic heterocycles. The van der Waals surface area contributed by atoms with Crippen molar-refractivity contribution in [3.63, 3.8) is 0 Å². The van der Waals surface area contributed by atoms with E-state index < -0.39 is 17.5 Å². The van der Waals surface area contributed by atoms with Gasteiger partial charge in [0.1, 0.15) is 0 Å². The van der Waals surface area contributed by atoms with Crippen LogP contribution in [-0.4, -0.2) is 24.0 Å². The van der Waals surface area contributed by atoms with Crippen molar-refractivity contribution < 1.29 is 14.3 Å². The number of anilines is 1. The lowest BCUT2D eigenvalue weighted by atomic mass is 9.89. The molecule has 0 aliphatic carbocycles. The summed E-state index contributed by atoms with van der Waals surface area (Å²) in [5, 5.41) is 3.39. The first-order valence-corrected chi connectivity index (χ1v) is 12.4. The van der Waals surface area contributed by atoms with E-state index in [1.165, 1.54) is 78.1 Å². The van der Waals surface area contributed by atoms with E-state index >= 15 is 0 Å². The Labute approximate surface area is 195 Å². The maximum atomic E-state index is 12.1. The van der Waals surface area contributed by atoms with E-state index in [0.717, 1.165) is 18.7 Å². The normalized spacial score (nSPS) is 11.9. The number of rotatable bonds is 16. The van der Waals surface area contributed by atoms with Crippen molar-refractivity contribution in [1.82, 2.24) is 0 Å². The number of carbonyl (C=O) groups excluding carboxylic acids is 2. The van der Waals surface area contributed by atoms with Gasteiger partial charge in [-0.3, -0.25) is 4.79 Å². The van der Waals surface area contributed by atoms with Gasteiger partial charge in [-0.15, -0.1) is 0 Å². The van der Waals surface area contributed by atoms with Gasteiger partial charge in [-0.1, -0.05) is 78.6 Å². The first-order valence-electron chi connectivity index (χ1n) is 12.4. The average Bonchev–Trinajstić information content (AvgIpc) is 2.70. The van der Waals surface area contributed by atoms with Crippen molar-refractivity contribution in [3.8, 4) is 0 Å². The molecule has 0 spiro atoms. The molecular formula is C27H46N2O3. The Hall–Kier alpha value is -2.04. The Morgan fingerprint density at radius 2 is 1.25 bits per heavy atom. The molecule has 0 bridgehead atoms. The number of nitrogens with two attached hydrogens (primary N) is 1. The number of carbonyl (C=O) groups is 2. The van der Waals surface area contributed by atoms with Gasteiger partial charge in [0.05, 0.1) is 5.56 Å². The highest BCUT2D eigenvalue weighted by Crippen LogP contribution is 2.22. The lowest BCUT2D eigenvalue weighted by Gasteiger charge is -2.21. The van der Waals surface area contributed by atoms with Crippen LogP contribution in [0.4, 0.5) is 5.69 Å². The zero-order chi connectivity index (χ0) is 24.0. The minimum atomic E-state index is -1.32. The maximum Gasteiger partial charge on any atom is 0.339 e. The smallest absolute Gasteiger partial charge is 0.339 e. The fraction of sp³-hybridized carbons (Fsp3) is 0.704. The summed E-state index contributed by atoms with van der Waals surface area (Å²) in [6, 6.07) is 7.11. The molecular weight excluding hydrogens is 400 g/mol. The van der Waals surface area contributed by atoms with Gasteiger partial charge in [-0.2, -0.15) is 0 Å². The largest absolute Gasteiger partial charge is 0.446 e. The molecule has 0 aromatic heterocycles. The summed E-state index contributed by atoms with van der Waals surface area (Å²) in [5.74, 6) is -1.22. The van der Waals surface area contributed by atoms with Crippen LogP contribution in [0.25, 0.3) is 0 Å². The molecule has 0 aliphatic rings. The highest BCUT2D eigenvalue weighted by Gasteiger charge is 2.30. The molecule has 0 heterocycles. The average molecular weight is 447 g/mol. The number of ether oxygens (including phenoxy) is 1. The van der Waals surface area contributed by atoms with Crippen LogP contribution in [0, 0.1) is 5.41 Å². The van der Waals surface area contributed by atoms with Crippen LogP contribution in [0.15, 0.2) is 24.3 Å². The van der Waals surface area contributed by atoms with Gasteiger partial charge in [0.15, 0.2) is 5.60 Å². The number of hydrogen-bond donors (Lipinski definition) is 2. The third-order valence-corrected chi connectivity index (χ3v) is 5.74. The minimum Gasteiger partial charge on any atom is -0.446 e. The number of hydrogen-bond acceptors (Lipinski definition) is 4. The molecule has 1 aromatic carbocycles. The Morgan fingerprint density at radius 1 is 0.781 bits per heavy atom. The van der Waals surface area contributed by atoms with Crippen molar-refractivity contribution >= 4 is 17.6 Å². The quantitative estimate of drug-likeness (QED) is 0.215. The standard InChI is InChI=1S/C27H46N2O3/c1-26(2,3)20-14-12-10-8-6-7-9-11-13-15-21-29-23-18-16-22(17-19-23)24(30)32-27(4,5)25(28)31/h16-19,29H,6-15,20-21H2,1-5H3,(H2,28,31). The zero-order valence-electron chi connectivity index (χ0n) is 21.1. The number of primary amides is 1. The number of benzene rings is 1. The predicted octanol–water partition coefficient (Wildman–Crippen LogP) is 6.86. The van der Waals surface area contributed by atoms with Crippen LogP contribution < -0.4 is 11.1 Å². The van der Waals surface area contributed by atoms with Crippen molar-refractivity contribution in [1.29, 1.82) is 0 Å². The van der Waals surface area contributed by atoms with Crippen LogP contribution in [0.1, 0.15) is 116 Å². The molecule has 1 rings (SSSR count). The summed E-state index contributed by atoms with van der Waals surface area (Å²) in [4.78, 5) is 23.4. The third kappa shape index (κ3) is 12.7. The Balaban J connectivity index is 2.06. The van der Waals surface area contributed by atoms with Gasteiger partial charge in [0.2, 0.25) is 0 Å². The van der Waals surface area contributed by atoms with E-state index in [0.29, 0.717) is 11.0 Å². The topological polar surface area (TPSA) is 81.4 Å². The second kappa shape index (κ2) is 14.2. The second-order valence-electron chi connectivity index (χ2n) is 10.6. The lowest BCUT2D eigenvalue weighted by Crippen LogP contribution is -2.42. The number of unbranched alkanes of at least 4 members (excludes halogenated alkanes) is 9. The van der Waals surface area contributed by atoms with Crippen LogP contribution >= 0.6 is 0 Å². The second-order valence-corrected chi connectivity index (χ2v) is 10.6. The third-order valence-electron chi connectivity index (χ3n) is 5.74. The van der Waals surface area contributed by atoms with E-state index in [-0.39, 0.29) is 0 Å². The molecule has 0 saturated carbocycles. The molecule has 5 heteroatoms. The van der Waals surface area contributed by atoms with Crippen LogP contribution in [-0.2, 0) is 9.53 Å². The van der Waals surface area contributed by atoms with E-state index in [2.05, 4.69) is 26.1 Å². The van der Waals surface area contributed by atoms with Crippen molar-refractivity contribution in [2.45, 2.75) is 111 Å². The molecule has 182 valence electrons. The summed E-state index contributed by atoms with van der Waals surface area (Å²) >= 11 is 0. The van der Waals surface area contributed by atoms with E-state index in [9.17, 15) is 9.59 Å². The fourth-order valence-electron chi connectivity index (χ4n) is 3.49. The molecule has 0 unspecified atom stereocenters. The van der Waals surface area contributed by atoms with E-state index in [1.807, 2.05) is 12.1 Å². The molecule has 32 heavy (non-hydrogen) atoms. The molecule has 1 aromatic rings. The molecule has 1 amide bonds. The summed E-state index contributed by atoms with van der Waals surface area (Å²) < 4.78 is 5.18. The maximum absolute atomic E-state index is 12.1. The molecule has 0 atom stereocenters. The lowest BCUT2D eigenvalue weighted by molar-refractivity contribution is -0.133. The monoisotopic (exact) mass is 446 g/mol. The Kier molecular flexibility index (Phi) is 12.4. The highest BCUT2D eigenvalue weighted by molar-refractivity contribution is 5.93. The highest BCUT2D eigenvalue weighted by atomic mass is 16.6. The van der Waals surface area contributed by atoms with Gasteiger partial charge < -0.3 is 15.8 Å². The van der Waals surface area contributed by atoms with E-state index in [1.54, 1.807) is 12.1 Å². The number of nitrogens with one attached hydrogen (secondary N) is 1. The van der Waals surface area contributed by atoms with Crippen LogP contribution in [0.3, 0.4) is 0 Å². The summed E-state index contributed by atoms with van der Waals surface area (Å²) in [7, 11) is 0. The predicted molar refractivity (Wildman–Crippen MR) is 134 cm³/mol. The molecule has 0 saturated heterocycles. The molecule has 3 N–H and O–H groups in total. The van der Waals surface area contributed by atoms with Gasteiger partial charge >= 0.3 is 5.97 Å². The minimum absolute atomic E-state index is 0.402. The number of esters is 1.